The van der Waals surface area contributed by atoms with Gasteiger partial charge in [-0.25, -0.2) is 13.4 Å². The molecule has 2 aliphatic rings. The Balaban J connectivity index is 1.64. The molecule has 8 heteroatoms. The number of amides is 1. The van der Waals surface area contributed by atoms with Crippen LogP contribution in [0, 0.1) is 0 Å². The van der Waals surface area contributed by atoms with Crippen LogP contribution in [0.3, 0.4) is 0 Å². The number of pyridine rings is 1. The smallest absolute Gasteiger partial charge is 0.244 e. The van der Waals surface area contributed by atoms with Crippen LogP contribution in [0.1, 0.15) is 51.9 Å². The number of likely N-dealkylation sites (tertiary alicyclic amines) is 1. The third-order valence-electron chi connectivity index (χ3n) is 5.54. The van der Waals surface area contributed by atoms with Gasteiger partial charge in [-0.2, -0.15) is 4.31 Å². The molecule has 2 fully saturated rings. The number of nitrogens with zero attached hydrogens (tertiary/aromatic N) is 3. The van der Waals surface area contributed by atoms with Crippen LogP contribution in [-0.4, -0.2) is 59.9 Å². The molecule has 0 spiro atoms. The molecule has 3 rings (SSSR count). The Morgan fingerprint density at radius 2 is 1.85 bits per heavy atom. The third-order valence-corrected chi connectivity index (χ3v) is 8.47. The fourth-order valence-electron chi connectivity index (χ4n) is 3.82. The zero-order valence-corrected chi connectivity index (χ0v) is 17.8. The summed E-state index contributed by atoms with van der Waals surface area (Å²) >= 11 is 1.38. The van der Waals surface area contributed by atoms with E-state index in [-0.39, 0.29) is 22.1 Å². The van der Waals surface area contributed by atoms with Gasteiger partial charge in [0.15, 0.2) is 0 Å². The van der Waals surface area contributed by atoms with Crippen molar-refractivity contribution in [3.63, 3.8) is 0 Å². The van der Waals surface area contributed by atoms with Gasteiger partial charge in [0, 0.05) is 32.4 Å². The predicted molar refractivity (Wildman–Crippen MR) is 107 cm³/mol. The number of aromatic nitrogens is 1. The summed E-state index contributed by atoms with van der Waals surface area (Å²) in [6.07, 6.45) is 8.77. The zero-order chi connectivity index (χ0) is 19.4. The zero-order valence-electron chi connectivity index (χ0n) is 16.1. The molecule has 0 N–H and O–H groups in total. The molecule has 1 aromatic rings. The first kappa shape index (κ1) is 20.6. The third kappa shape index (κ3) is 4.84. The lowest BCUT2D eigenvalue weighted by molar-refractivity contribution is -0.129. The van der Waals surface area contributed by atoms with Crippen molar-refractivity contribution in [2.75, 3.05) is 20.1 Å². The Bertz CT molecular complexity index is 740. The van der Waals surface area contributed by atoms with Crippen LogP contribution in [0.5, 0.6) is 0 Å². The molecule has 6 nitrogen and oxygen atoms in total. The minimum atomic E-state index is -3.53. The Kier molecular flexibility index (Phi) is 6.81. The molecule has 1 atom stereocenters. The molecule has 27 heavy (non-hydrogen) atoms. The fraction of sp³-hybridized carbons (Fsp3) is 0.684. The van der Waals surface area contributed by atoms with Crippen LogP contribution < -0.4 is 0 Å². The minimum Gasteiger partial charge on any atom is -0.342 e. The second-order valence-electron chi connectivity index (χ2n) is 7.44. The first-order chi connectivity index (χ1) is 12.9. The molecule has 2 heterocycles. The van der Waals surface area contributed by atoms with Crippen LogP contribution in [0.15, 0.2) is 28.3 Å². The molecule has 1 aliphatic carbocycles. The minimum absolute atomic E-state index is 0.0795. The number of carbonyl (C=O) groups is 1. The maximum absolute atomic E-state index is 12.9. The van der Waals surface area contributed by atoms with E-state index in [4.69, 9.17) is 0 Å². The van der Waals surface area contributed by atoms with E-state index in [1.807, 2.05) is 11.8 Å². The summed E-state index contributed by atoms with van der Waals surface area (Å²) in [6, 6.07) is 3.40. The van der Waals surface area contributed by atoms with Gasteiger partial charge in [0.1, 0.15) is 4.90 Å². The lowest BCUT2D eigenvalue weighted by Gasteiger charge is -2.30. The maximum Gasteiger partial charge on any atom is 0.244 e. The van der Waals surface area contributed by atoms with E-state index in [0.717, 1.165) is 51.6 Å². The Hall–Kier alpha value is -1.12. The van der Waals surface area contributed by atoms with Gasteiger partial charge < -0.3 is 4.90 Å². The van der Waals surface area contributed by atoms with Crippen LogP contribution in [-0.2, 0) is 14.8 Å². The quantitative estimate of drug-likeness (QED) is 0.673. The van der Waals surface area contributed by atoms with Crippen LogP contribution >= 0.6 is 11.8 Å². The van der Waals surface area contributed by atoms with E-state index in [9.17, 15) is 13.2 Å². The number of rotatable bonds is 6. The van der Waals surface area contributed by atoms with Crippen LogP contribution in [0.2, 0.25) is 0 Å². The SMILES string of the molecule is C[C@@H](Sc1ccc(S(=O)(=O)N(C)C2CCCCC2)cn1)C(=O)N1CCCC1. The lowest BCUT2D eigenvalue weighted by Crippen LogP contribution is -2.38. The molecule has 0 radical (unpaired) electrons. The van der Waals surface area contributed by atoms with Gasteiger partial charge in [0.2, 0.25) is 15.9 Å². The number of sulfonamides is 1. The first-order valence-electron chi connectivity index (χ1n) is 9.79. The van der Waals surface area contributed by atoms with E-state index < -0.39 is 10.0 Å². The van der Waals surface area contributed by atoms with Crippen molar-refractivity contribution in [3.8, 4) is 0 Å². The standard InChI is InChI=1S/C19H29N3O3S2/c1-15(19(23)22-12-6-7-13-22)26-18-11-10-17(14-20-18)27(24,25)21(2)16-8-4-3-5-9-16/h10-11,14-16H,3-9,12-13H2,1-2H3/t15-/m1/s1. The monoisotopic (exact) mass is 411 g/mol. The highest BCUT2D eigenvalue weighted by molar-refractivity contribution is 8.00. The largest absolute Gasteiger partial charge is 0.342 e. The molecular weight excluding hydrogens is 382 g/mol. The lowest BCUT2D eigenvalue weighted by atomic mass is 9.96. The predicted octanol–water partition coefficient (Wildman–Crippen LogP) is 3.14. The molecule has 1 amide bonds. The topological polar surface area (TPSA) is 70.6 Å². The number of hydrogen-bond donors (Lipinski definition) is 0. The van der Waals surface area contributed by atoms with Gasteiger partial charge in [0.25, 0.3) is 0 Å². The van der Waals surface area contributed by atoms with Gasteiger partial charge in [0.05, 0.1) is 10.3 Å². The second-order valence-corrected chi connectivity index (χ2v) is 10.8. The molecule has 1 saturated carbocycles. The normalized spacial score (nSPS) is 20.2. The van der Waals surface area contributed by atoms with Gasteiger partial charge >= 0.3 is 0 Å². The van der Waals surface area contributed by atoms with E-state index in [1.165, 1.54) is 28.7 Å². The van der Waals surface area contributed by atoms with Crippen molar-refractivity contribution in [1.82, 2.24) is 14.2 Å². The fourth-order valence-corrected chi connectivity index (χ4v) is 6.06. The molecule has 0 bridgehead atoms. The Labute approximate surface area is 166 Å². The Morgan fingerprint density at radius 1 is 1.19 bits per heavy atom. The summed E-state index contributed by atoms with van der Waals surface area (Å²) in [6.45, 7) is 3.55. The number of carbonyl (C=O) groups excluding carboxylic acids is 1. The molecule has 0 unspecified atom stereocenters. The van der Waals surface area contributed by atoms with E-state index >= 15 is 0 Å². The van der Waals surface area contributed by atoms with Crippen molar-refractivity contribution >= 4 is 27.7 Å². The molecule has 1 saturated heterocycles. The molecule has 1 aromatic heterocycles. The van der Waals surface area contributed by atoms with Crippen molar-refractivity contribution in [2.45, 2.75) is 73.1 Å². The highest BCUT2D eigenvalue weighted by Gasteiger charge is 2.29. The average Bonchev–Trinajstić information content (AvgIpc) is 3.22. The summed E-state index contributed by atoms with van der Waals surface area (Å²) in [5.41, 5.74) is 0. The highest BCUT2D eigenvalue weighted by atomic mass is 32.2. The molecule has 0 aromatic carbocycles. The highest BCUT2D eigenvalue weighted by Crippen LogP contribution is 2.28. The van der Waals surface area contributed by atoms with Gasteiger partial charge in [-0.15, -0.1) is 0 Å². The summed E-state index contributed by atoms with van der Waals surface area (Å²) in [5, 5.41) is 0.456. The summed E-state index contributed by atoms with van der Waals surface area (Å²) < 4.78 is 27.2. The molecule has 150 valence electrons. The van der Waals surface area contributed by atoms with E-state index in [0.29, 0.717) is 5.03 Å². The summed E-state index contributed by atoms with van der Waals surface area (Å²) in [5.74, 6) is 0.132. The Morgan fingerprint density at radius 3 is 2.44 bits per heavy atom. The van der Waals surface area contributed by atoms with E-state index in [2.05, 4.69) is 4.98 Å². The van der Waals surface area contributed by atoms with Gasteiger partial charge in [-0.1, -0.05) is 31.0 Å². The maximum atomic E-state index is 12.9. The van der Waals surface area contributed by atoms with E-state index in [1.54, 1.807) is 19.2 Å². The van der Waals surface area contributed by atoms with Crippen molar-refractivity contribution in [3.05, 3.63) is 18.3 Å². The first-order valence-corrected chi connectivity index (χ1v) is 12.1. The second kappa shape index (κ2) is 8.92. The summed E-state index contributed by atoms with van der Waals surface area (Å²) in [4.78, 5) is 18.8. The van der Waals surface area contributed by atoms with Crippen LogP contribution in [0.25, 0.3) is 0 Å². The van der Waals surface area contributed by atoms with Crippen molar-refractivity contribution in [1.29, 1.82) is 0 Å². The van der Waals surface area contributed by atoms with Crippen molar-refractivity contribution < 1.29 is 13.2 Å². The molecular formula is C19H29N3O3S2. The van der Waals surface area contributed by atoms with Gasteiger partial charge in [-0.3, -0.25) is 4.79 Å². The van der Waals surface area contributed by atoms with Crippen LogP contribution in [0.4, 0.5) is 0 Å². The van der Waals surface area contributed by atoms with Crippen molar-refractivity contribution in [2.24, 2.45) is 0 Å². The van der Waals surface area contributed by atoms with Gasteiger partial charge in [-0.05, 0) is 44.7 Å². The molecule has 1 aliphatic heterocycles. The number of hydrogen-bond acceptors (Lipinski definition) is 5. The average molecular weight is 412 g/mol. The summed E-state index contributed by atoms with van der Waals surface area (Å²) in [7, 11) is -1.86. The number of thioether (sulfide) groups is 1.